The number of fused-ring (bicyclic) bond motifs is 2. The van der Waals surface area contributed by atoms with E-state index in [1.807, 2.05) is 66.6 Å². The average Bonchev–Trinajstić information content (AvgIpc) is 3.47. The van der Waals surface area contributed by atoms with Gasteiger partial charge in [0.15, 0.2) is 0 Å². The molecule has 0 radical (unpaired) electrons. The Hall–Kier alpha value is -4.13. The minimum Gasteiger partial charge on any atom is -0.368 e. The Bertz CT molecular complexity index is 1440. The molecule has 182 valence electrons. The zero-order chi connectivity index (χ0) is 24.8. The number of nitrogens with one attached hydrogen (secondary N) is 1. The first kappa shape index (κ1) is 22.3. The molecule has 0 spiro atoms. The third-order valence-electron chi connectivity index (χ3n) is 7.47. The lowest BCUT2D eigenvalue weighted by atomic mass is 9.97. The number of amides is 2. The molecule has 0 saturated carbocycles. The number of aromatic nitrogens is 1. The maximum Gasteiger partial charge on any atom is 0.255 e. The van der Waals surface area contributed by atoms with Crippen molar-refractivity contribution in [1.29, 1.82) is 0 Å². The van der Waals surface area contributed by atoms with Crippen LogP contribution in [-0.2, 0) is 4.79 Å². The summed E-state index contributed by atoms with van der Waals surface area (Å²) in [5.41, 5.74) is 4.51. The number of H-pyrrole nitrogens is 1. The first-order valence-corrected chi connectivity index (χ1v) is 12.3. The average molecular weight is 483 g/mol. The van der Waals surface area contributed by atoms with E-state index in [0.717, 1.165) is 27.7 Å². The van der Waals surface area contributed by atoms with Crippen molar-refractivity contribution < 1.29 is 14.0 Å². The Labute approximate surface area is 208 Å². The number of nitrogens with zero attached hydrogens (tertiary/aromatic N) is 3. The molecule has 7 heteroatoms. The molecule has 1 saturated heterocycles. The maximum atomic E-state index is 13.7. The van der Waals surface area contributed by atoms with E-state index in [4.69, 9.17) is 0 Å². The van der Waals surface area contributed by atoms with Crippen LogP contribution in [0.5, 0.6) is 0 Å². The van der Waals surface area contributed by atoms with Crippen LogP contribution in [0.25, 0.3) is 10.9 Å². The number of benzene rings is 3. The second-order valence-electron chi connectivity index (χ2n) is 9.46. The van der Waals surface area contributed by atoms with E-state index in [0.29, 0.717) is 31.7 Å². The molecule has 3 aromatic carbocycles. The predicted molar refractivity (Wildman–Crippen MR) is 137 cm³/mol. The zero-order valence-electron chi connectivity index (χ0n) is 20.0. The molecule has 1 aromatic heterocycles. The number of para-hydroxylation sites is 1. The van der Waals surface area contributed by atoms with Gasteiger partial charge in [-0.2, -0.15) is 0 Å². The monoisotopic (exact) mass is 482 g/mol. The molecule has 1 N–H and O–H groups in total. The second-order valence-corrected chi connectivity index (χ2v) is 9.46. The molecule has 36 heavy (non-hydrogen) atoms. The second kappa shape index (κ2) is 8.82. The number of hydrogen-bond donors (Lipinski definition) is 1. The molecule has 6 rings (SSSR count). The summed E-state index contributed by atoms with van der Waals surface area (Å²) in [4.78, 5) is 36.4. The van der Waals surface area contributed by atoms with E-state index in [2.05, 4.69) is 9.88 Å². The Morgan fingerprint density at radius 3 is 2.39 bits per heavy atom. The van der Waals surface area contributed by atoms with Gasteiger partial charge in [0.1, 0.15) is 11.9 Å². The van der Waals surface area contributed by atoms with Crippen molar-refractivity contribution in [2.75, 3.05) is 31.1 Å². The minimum atomic E-state index is -0.624. The lowest BCUT2D eigenvalue weighted by Gasteiger charge is -2.39. The highest BCUT2D eigenvalue weighted by molar-refractivity contribution is 6.03. The van der Waals surface area contributed by atoms with Crippen LogP contribution in [0.2, 0.25) is 0 Å². The molecule has 2 amide bonds. The quantitative estimate of drug-likeness (QED) is 0.463. The molecule has 3 heterocycles. The SMILES string of the molecule is C[C@H](C(=O)N1CCN(c2ccc(F)cc2)CC1)N1C(=O)c2ccccc2[C@H]1c1c[nH]c2ccccc12. The molecule has 0 aliphatic carbocycles. The molecular formula is C29H27FN4O2. The number of anilines is 1. The largest absolute Gasteiger partial charge is 0.368 e. The molecule has 2 aliphatic rings. The smallest absolute Gasteiger partial charge is 0.255 e. The fraction of sp³-hybridized carbons (Fsp3) is 0.241. The van der Waals surface area contributed by atoms with Crippen molar-refractivity contribution >= 4 is 28.4 Å². The number of carbonyl (C=O) groups excluding carboxylic acids is 2. The van der Waals surface area contributed by atoms with Gasteiger partial charge in [0, 0.05) is 60.1 Å². The molecule has 2 atom stereocenters. The summed E-state index contributed by atoms with van der Waals surface area (Å²) in [5.74, 6) is -0.436. The Morgan fingerprint density at radius 1 is 0.917 bits per heavy atom. The van der Waals surface area contributed by atoms with Crippen molar-refractivity contribution in [1.82, 2.24) is 14.8 Å². The van der Waals surface area contributed by atoms with Crippen LogP contribution in [0.4, 0.5) is 10.1 Å². The number of piperazine rings is 1. The minimum absolute atomic E-state index is 0.0558. The third-order valence-corrected chi connectivity index (χ3v) is 7.47. The fourth-order valence-corrected chi connectivity index (χ4v) is 5.59. The molecule has 4 aromatic rings. The summed E-state index contributed by atoms with van der Waals surface area (Å²) >= 11 is 0. The van der Waals surface area contributed by atoms with Gasteiger partial charge in [-0.1, -0.05) is 36.4 Å². The van der Waals surface area contributed by atoms with Crippen LogP contribution in [0.15, 0.2) is 79.0 Å². The molecule has 6 nitrogen and oxygen atoms in total. The van der Waals surface area contributed by atoms with Gasteiger partial charge in [0.05, 0.1) is 6.04 Å². The summed E-state index contributed by atoms with van der Waals surface area (Å²) in [7, 11) is 0. The lowest BCUT2D eigenvalue weighted by molar-refractivity contribution is -0.136. The Morgan fingerprint density at radius 2 is 1.61 bits per heavy atom. The van der Waals surface area contributed by atoms with Gasteiger partial charge in [0.25, 0.3) is 5.91 Å². The first-order valence-electron chi connectivity index (χ1n) is 12.3. The molecular weight excluding hydrogens is 455 g/mol. The normalized spacial score (nSPS) is 18.6. The van der Waals surface area contributed by atoms with Gasteiger partial charge < -0.3 is 19.7 Å². The van der Waals surface area contributed by atoms with E-state index >= 15 is 0 Å². The van der Waals surface area contributed by atoms with Gasteiger partial charge in [-0.3, -0.25) is 9.59 Å². The summed E-state index contributed by atoms with van der Waals surface area (Å²) in [6.07, 6.45) is 1.95. The lowest BCUT2D eigenvalue weighted by Crippen LogP contribution is -2.55. The van der Waals surface area contributed by atoms with Gasteiger partial charge in [0.2, 0.25) is 5.91 Å². The molecule has 1 fully saturated rings. The van der Waals surface area contributed by atoms with E-state index < -0.39 is 6.04 Å². The van der Waals surface area contributed by atoms with Crippen LogP contribution in [-0.4, -0.2) is 58.8 Å². The maximum absolute atomic E-state index is 13.7. The number of rotatable bonds is 4. The standard InChI is InChI=1S/C29H27FN4O2/c1-19(28(35)33-16-14-32(15-17-33)21-12-10-20(30)11-13-21)34-27(23-7-2-3-8-24(23)29(34)36)25-18-31-26-9-5-4-6-22(25)26/h2-13,18-19,27,31H,14-17H2,1H3/t19-,27+/m1/s1. The van der Waals surface area contributed by atoms with Crippen LogP contribution in [0.1, 0.15) is 34.5 Å². The third kappa shape index (κ3) is 3.63. The first-order chi connectivity index (χ1) is 17.5. The van der Waals surface area contributed by atoms with Gasteiger partial charge in [-0.05, 0) is 48.9 Å². The Balaban J connectivity index is 1.27. The van der Waals surface area contributed by atoms with Gasteiger partial charge in [-0.15, -0.1) is 0 Å². The fourth-order valence-electron chi connectivity index (χ4n) is 5.59. The van der Waals surface area contributed by atoms with Crippen molar-refractivity contribution in [3.05, 3.63) is 102 Å². The van der Waals surface area contributed by atoms with Gasteiger partial charge >= 0.3 is 0 Å². The van der Waals surface area contributed by atoms with Crippen molar-refractivity contribution in [2.24, 2.45) is 0 Å². The number of halogens is 1. The number of aromatic amines is 1. The topological polar surface area (TPSA) is 59.7 Å². The van der Waals surface area contributed by atoms with Crippen LogP contribution >= 0.6 is 0 Å². The van der Waals surface area contributed by atoms with Crippen LogP contribution in [0.3, 0.4) is 0 Å². The van der Waals surface area contributed by atoms with Crippen LogP contribution in [0, 0.1) is 5.82 Å². The van der Waals surface area contributed by atoms with Crippen LogP contribution < -0.4 is 4.90 Å². The van der Waals surface area contributed by atoms with Gasteiger partial charge in [-0.25, -0.2) is 4.39 Å². The van der Waals surface area contributed by atoms with E-state index in [1.54, 1.807) is 17.0 Å². The Kier molecular flexibility index (Phi) is 5.48. The van der Waals surface area contributed by atoms with E-state index in [-0.39, 0.29) is 23.7 Å². The molecule has 0 bridgehead atoms. The summed E-state index contributed by atoms with van der Waals surface area (Å²) in [6, 6.07) is 21.1. The highest BCUT2D eigenvalue weighted by Gasteiger charge is 2.44. The van der Waals surface area contributed by atoms with E-state index in [9.17, 15) is 14.0 Å². The highest BCUT2D eigenvalue weighted by Crippen LogP contribution is 2.42. The molecule has 0 unspecified atom stereocenters. The summed E-state index contributed by atoms with van der Waals surface area (Å²) in [6.45, 7) is 4.25. The molecule has 2 aliphatic heterocycles. The predicted octanol–water partition coefficient (Wildman–Crippen LogP) is 4.59. The van der Waals surface area contributed by atoms with Crippen molar-refractivity contribution in [2.45, 2.75) is 19.0 Å². The summed E-state index contributed by atoms with van der Waals surface area (Å²) in [5, 5.41) is 1.05. The highest BCUT2D eigenvalue weighted by atomic mass is 19.1. The summed E-state index contributed by atoms with van der Waals surface area (Å²) < 4.78 is 13.3. The van der Waals surface area contributed by atoms with Crippen molar-refractivity contribution in [3.8, 4) is 0 Å². The number of carbonyl (C=O) groups is 2. The van der Waals surface area contributed by atoms with Crippen molar-refractivity contribution in [3.63, 3.8) is 0 Å². The zero-order valence-corrected chi connectivity index (χ0v) is 20.0. The number of hydrogen-bond acceptors (Lipinski definition) is 3. The van der Waals surface area contributed by atoms with E-state index in [1.165, 1.54) is 12.1 Å².